The Kier molecular flexibility index (Phi) is 5.95. The van der Waals surface area contributed by atoms with E-state index in [0.29, 0.717) is 22.9 Å². The summed E-state index contributed by atoms with van der Waals surface area (Å²) < 4.78 is 22.0. The molecule has 1 aliphatic rings. The van der Waals surface area contributed by atoms with Crippen molar-refractivity contribution in [1.82, 2.24) is 4.57 Å². The number of hydrogen-bond donors (Lipinski definition) is 0. The van der Waals surface area contributed by atoms with Crippen LogP contribution in [-0.2, 0) is 4.74 Å². The van der Waals surface area contributed by atoms with Crippen molar-refractivity contribution in [2.24, 2.45) is 0 Å². The van der Waals surface area contributed by atoms with Crippen LogP contribution >= 0.6 is 39.1 Å². The van der Waals surface area contributed by atoms with E-state index in [2.05, 4.69) is 20.5 Å². The summed E-state index contributed by atoms with van der Waals surface area (Å²) >= 11 is 15.7. The molecule has 0 fully saturated rings. The van der Waals surface area contributed by atoms with Crippen molar-refractivity contribution in [3.05, 3.63) is 85.8 Å². The molecular formula is C22H18BrCl2FN2O2. The quantitative estimate of drug-likeness (QED) is 0.384. The van der Waals surface area contributed by atoms with Crippen LogP contribution in [0.3, 0.4) is 0 Å². The second-order valence-electron chi connectivity index (χ2n) is 7.17. The lowest BCUT2D eigenvalue weighted by molar-refractivity contribution is 0.0993. The van der Waals surface area contributed by atoms with Crippen molar-refractivity contribution >= 4 is 50.7 Å². The first-order chi connectivity index (χ1) is 14.3. The Morgan fingerprint density at radius 2 is 1.87 bits per heavy atom. The van der Waals surface area contributed by atoms with E-state index in [9.17, 15) is 9.18 Å². The van der Waals surface area contributed by atoms with Gasteiger partial charge in [-0.1, -0.05) is 35.3 Å². The van der Waals surface area contributed by atoms with Gasteiger partial charge in [0.1, 0.15) is 11.9 Å². The van der Waals surface area contributed by atoms with Crippen molar-refractivity contribution in [2.75, 3.05) is 18.6 Å². The van der Waals surface area contributed by atoms with E-state index in [-0.39, 0.29) is 17.0 Å². The molecule has 0 saturated carbocycles. The number of halogens is 4. The molecule has 156 valence electrons. The molecule has 0 N–H and O–H groups in total. The highest BCUT2D eigenvalue weighted by Gasteiger charge is 2.43. The standard InChI is InChI=1S/C22H18BrCl2FN2O2/c1-12(11-30-2)27-19(23)10-16-21(27)20(13-3-5-14(24)6-4-13)28(22(16)29)15-7-8-18(26)17(25)9-15/h3-10,12,20H,11H2,1-2H3/t12-,20?/m1/s1. The highest BCUT2D eigenvalue weighted by atomic mass is 79.9. The summed E-state index contributed by atoms with van der Waals surface area (Å²) in [6.07, 6.45) is 0. The normalized spacial score (nSPS) is 16.8. The summed E-state index contributed by atoms with van der Waals surface area (Å²) in [6.45, 7) is 2.50. The molecule has 0 bridgehead atoms. The molecule has 30 heavy (non-hydrogen) atoms. The molecule has 0 aliphatic carbocycles. The molecule has 2 heterocycles. The lowest BCUT2D eigenvalue weighted by Crippen LogP contribution is -2.30. The minimum absolute atomic E-state index is 0.0209. The maximum Gasteiger partial charge on any atom is 0.261 e. The van der Waals surface area contributed by atoms with Crippen LogP contribution in [0.25, 0.3) is 0 Å². The molecule has 1 amide bonds. The Hall–Kier alpha value is -1.86. The fraction of sp³-hybridized carbons (Fsp3) is 0.227. The molecule has 1 aromatic heterocycles. The first-order valence-electron chi connectivity index (χ1n) is 9.27. The van der Waals surface area contributed by atoms with Gasteiger partial charge in [-0.3, -0.25) is 9.69 Å². The first-order valence-corrected chi connectivity index (χ1v) is 10.8. The number of anilines is 1. The highest BCUT2D eigenvalue weighted by Crippen LogP contribution is 2.45. The van der Waals surface area contributed by atoms with E-state index >= 15 is 0 Å². The average Bonchev–Trinajstić information content (AvgIpc) is 3.18. The largest absolute Gasteiger partial charge is 0.383 e. The number of carbonyl (C=O) groups excluding carboxylic acids is 1. The topological polar surface area (TPSA) is 34.5 Å². The Balaban J connectivity index is 1.93. The zero-order chi connectivity index (χ0) is 21.6. The average molecular weight is 512 g/mol. The van der Waals surface area contributed by atoms with Gasteiger partial charge in [-0.05, 0) is 64.8 Å². The molecule has 1 unspecified atom stereocenters. The van der Waals surface area contributed by atoms with Crippen LogP contribution in [0.4, 0.5) is 10.1 Å². The third kappa shape index (κ3) is 3.56. The molecule has 4 rings (SSSR count). The van der Waals surface area contributed by atoms with Gasteiger partial charge in [0.2, 0.25) is 0 Å². The van der Waals surface area contributed by atoms with Crippen LogP contribution in [0.1, 0.15) is 40.6 Å². The van der Waals surface area contributed by atoms with E-state index in [1.54, 1.807) is 30.2 Å². The van der Waals surface area contributed by atoms with Gasteiger partial charge < -0.3 is 9.30 Å². The molecule has 2 aromatic carbocycles. The van der Waals surface area contributed by atoms with Crippen LogP contribution in [0.2, 0.25) is 10.0 Å². The lowest BCUT2D eigenvalue weighted by atomic mass is 10.0. The van der Waals surface area contributed by atoms with E-state index in [1.807, 2.05) is 25.1 Å². The molecule has 2 atom stereocenters. The number of rotatable bonds is 5. The Morgan fingerprint density at radius 3 is 2.50 bits per heavy atom. The van der Waals surface area contributed by atoms with Crippen molar-refractivity contribution in [1.29, 1.82) is 0 Å². The fourth-order valence-electron chi connectivity index (χ4n) is 3.94. The SMILES string of the molecule is COC[C@@H](C)n1c(Br)cc2c1C(c1ccc(Cl)cc1)N(c1ccc(F)c(Cl)c1)C2=O. The van der Waals surface area contributed by atoms with Gasteiger partial charge in [0, 0.05) is 17.8 Å². The first kappa shape index (κ1) is 21.4. The maximum absolute atomic E-state index is 13.8. The van der Waals surface area contributed by atoms with E-state index < -0.39 is 11.9 Å². The van der Waals surface area contributed by atoms with E-state index in [1.165, 1.54) is 12.1 Å². The van der Waals surface area contributed by atoms with Gasteiger partial charge in [-0.2, -0.15) is 0 Å². The molecule has 0 spiro atoms. The number of aromatic nitrogens is 1. The summed E-state index contributed by atoms with van der Waals surface area (Å²) in [5, 5.41) is 0.563. The third-order valence-corrected chi connectivity index (χ3v) is 6.36. The van der Waals surface area contributed by atoms with Gasteiger partial charge >= 0.3 is 0 Å². The van der Waals surface area contributed by atoms with Crippen LogP contribution in [0, 0.1) is 5.82 Å². The smallest absolute Gasteiger partial charge is 0.261 e. The number of amides is 1. The molecule has 4 nitrogen and oxygen atoms in total. The molecule has 0 radical (unpaired) electrons. The van der Waals surface area contributed by atoms with Crippen molar-refractivity contribution in [2.45, 2.75) is 19.0 Å². The summed E-state index contributed by atoms with van der Waals surface area (Å²) in [4.78, 5) is 15.1. The predicted octanol–water partition coefficient (Wildman–Crippen LogP) is 6.65. The molecular weight excluding hydrogens is 494 g/mol. The number of nitrogens with zero attached hydrogens (tertiary/aromatic N) is 2. The number of ether oxygens (including phenoxy) is 1. The fourth-order valence-corrected chi connectivity index (χ4v) is 5.01. The summed E-state index contributed by atoms with van der Waals surface area (Å²) in [6, 6.07) is 13.0. The van der Waals surface area contributed by atoms with Crippen LogP contribution in [0.5, 0.6) is 0 Å². The second kappa shape index (κ2) is 8.35. The lowest BCUT2D eigenvalue weighted by Gasteiger charge is -2.29. The number of carbonyl (C=O) groups is 1. The predicted molar refractivity (Wildman–Crippen MR) is 120 cm³/mol. The van der Waals surface area contributed by atoms with Crippen molar-refractivity contribution in [3.63, 3.8) is 0 Å². The zero-order valence-electron chi connectivity index (χ0n) is 16.2. The Labute approximate surface area is 192 Å². The summed E-state index contributed by atoms with van der Waals surface area (Å²) in [7, 11) is 1.64. The van der Waals surface area contributed by atoms with E-state index in [4.69, 9.17) is 27.9 Å². The zero-order valence-corrected chi connectivity index (χ0v) is 19.3. The van der Waals surface area contributed by atoms with Crippen LogP contribution in [-0.4, -0.2) is 24.2 Å². The molecule has 3 aromatic rings. The van der Waals surface area contributed by atoms with Crippen molar-refractivity contribution in [3.8, 4) is 0 Å². The summed E-state index contributed by atoms with van der Waals surface area (Å²) in [5.74, 6) is -0.717. The van der Waals surface area contributed by atoms with Crippen molar-refractivity contribution < 1.29 is 13.9 Å². The van der Waals surface area contributed by atoms with E-state index in [0.717, 1.165) is 15.9 Å². The van der Waals surface area contributed by atoms with Gasteiger partial charge in [0.25, 0.3) is 5.91 Å². The monoisotopic (exact) mass is 510 g/mol. The second-order valence-corrected chi connectivity index (χ2v) is 8.82. The molecule has 0 saturated heterocycles. The maximum atomic E-state index is 13.8. The summed E-state index contributed by atoms with van der Waals surface area (Å²) in [5.41, 5.74) is 2.80. The Morgan fingerprint density at radius 1 is 1.17 bits per heavy atom. The third-order valence-electron chi connectivity index (χ3n) is 5.21. The van der Waals surface area contributed by atoms with Gasteiger partial charge in [-0.25, -0.2) is 4.39 Å². The number of benzene rings is 2. The number of methoxy groups -OCH3 is 1. The molecule has 1 aliphatic heterocycles. The van der Waals surface area contributed by atoms with Gasteiger partial charge in [0.05, 0.1) is 33.5 Å². The number of hydrogen-bond acceptors (Lipinski definition) is 2. The minimum atomic E-state index is -0.534. The minimum Gasteiger partial charge on any atom is -0.383 e. The van der Waals surface area contributed by atoms with Gasteiger partial charge in [0.15, 0.2) is 0 Å². The van der Waals surface area contributed by atoms with Crippen LogP contribution in [0.15, 0.2) is 53.1 Å². The highest BCUT2D eigenvalue weighted by molar-refractivity contribution is 9.10. The Bertz CT molecular complexity index is 1120. The van der Waals surface area contributed by atoms with Crippen LogP contribution < -0.4 is 4.90 Å². The van der Waals surface area contributed by atoms with Gasteiger partial charge in [-0.15, -0.1) is 0 Å². The number of fused-ring (bicyclic) bond motifs is 1. The molecule has 8 heteroatoms.